The van der Waals surface area contributed by atoms with Crippen LogP contribution >= 0.6 is 0 Å². The highest BCUT2D eigenvalue weighted by molar-refractivity contribution is 7.95. The average Bonchev–Trinajstić information content (AvgIpc) is 3.82. The van der Waals surface area contributed by atoms with Gasteiger partial charge in [-0.3, -0.25) is 0 Å². The molecule has 6 heteroatoms. The molecule has 53 heavy (non-hydrogen) atoms. The highest BCUT2D eigenvalue weighted by Crippen LogP contribution is 2.41. The van der Waals surface area contributed by atoms with E-state index in [0.717, 1.165) is 47.9 Å². The average molecular weight is 831 g/mol. The van der Waals surface area contributed by atoms with Crippen LogP contribution in [0.2, 0.25) is 0 Å². The third-order valence-electron chi connectivity index (χ3n) is 11.1. The standard InChI is InChI=1S/C47H47N2O2S.HI/c1-5-14-32(3)48-41(39-22-10-16-34-18-12-24-43(48)45(34)39)30-28-36-26-27-37(47(36)52(50,51)38-20-8-7-9-21-38)29-31-42-40-23-11-17-35-19-13-25-44(46(35)40)49(42)33(4)15-6-2;/h7-13,16-25,28-33H,5-6,14-15,26-27H2,1-4H3;1H/q+1;/p-1. The Labute approximate surface area is 330 Å². The minimum absolute atomic E-state index is 0. The van der Waals surface area contributed by atoms with Crippen molar-refractivity contribution in [3.63, 3.8) is 0 Å². The van der Waals surface area contributed by atoms with Crippen molar-refractivity contribution in [1.82, 2.24) is 4.57 Å². The van der Waals surface area contributed by atoms with Crippen molar-refractivity contribution in [2.75, 3.05) is 0 Å². The molecule has 0 N–H and O–H groups in total. The molecule has 6 aromatic rings. The summed E-state index contributed by atoms with van der Waals surface area (Å²) in [7, 11) is -3.80. The maximum absolute atomic E-state index is 14.6. The predicted molar refractivity (Wildman–Crippen MR) is 218 cm³/mol. The summed E-state index contributed by atoms with van der Waals surface area (Å²) in [6, 6.07) is 35.7. The van der Waals surface area contributed by atoms with Gasteiger partial charge in [-0.2, -0.15) is 4.58 Å². The third-order valence-corrected chi connectivity index (χ3v) is 13.1. The largest absolute Gasteiger partial charge is 1.00 e. The zero-order valence-electron chi connectivity index (χ0n) is 31.0. The van der Waals surface area contributed by atoms with Gasteiger partial charge < -0.3 is 28.5 Å². The second kappa shape index (κ2) is 15.2. The van der Waals surface area contributed by atoms with Crippen LogP contribution in [-0.4, -0.2) is 29.3 Å². The summed E-state index contributed by atoms with van der Waals surface area (Å²) in [6.07, 6.45) is 14.2. The van der Waals surface area contributed by atoms with Gasteiger partial charge in [0.05, 0.1) is 20.8 Å². The summed E-state index contributed by atoms with van der Waals surface area (Å²) in [4.78, 5) is 0.771. The van der Waals surface area contributed by atoms with Gasteiger partial charge in [-0.05, 0) is 91.8 Å². The predicted octanol–water partition coefficient (Wildman–Crippen LogP) is 8.15. The normalized spacial score (nSPS) is 17.0. The molecule has 1 aromatic heterocycles. The molecule has 0 bridgehead atoms. The number of benzene rings is 5. The summed E-state index contributed by atoms with van der Waals surface area (Å²) in [6.45, 7) is 9.06. The molecule has 0 saturated carbocycles. The Morgan fingerprint density at radius 1 is 0.736 bits per heavy atom. The van der Waals surface area contributed by atoms with E-state index in [0.29, 0.717) is 34.7 Å². The SMILES string of the molecule is CCCC(C)n1/c(=C/C=C2\CCC(/C=C/C3=[N+](C(C)CCC)c4cccc5cccc3c45)=C2S(=O)(=O)c2ccccc2)c2cccc3cccc1c32.[I-]. The van der Waals surface area contributed by atoms with E-state index < -0.39 is 9.84 Å². The molecule has 0 saturated heterocycles. The van der Waals surface area contributed by atoms with Crippen LogP contribution in [0, 0.1) is 0 Å². The van der Waals surface area contributed by atoms with Crippen LogP contribution < -0.4 is 29.3 Å². The van der Waals surface area contributed by atoms with Gasteiger partial charge >= 0.3 is 0 Å². The molecule has 1 aliphatic heterocycles. The van der Waals surface area contributed by atoms with Crippen molar-refractivity contribution in [3.8, 4) is 0 Å². The minimum Gasteiger partial charge on any atom is -1.00 e. The number of sulfone groups is 1. The van der Waals surface area contributed by atoms with Gasteiger partial charge in [0.1, 0.15) is 0 Å². The first-order valence-corrected chi connectivity index (χ1v) is 20.4. The first-order chi connectivity index (χ1) is 25.3. The fourth-order valence-corrected chi connectivity index (χ4v) is 10.6. The number of nitrogens with zero attached hydrogens (tertiary/aromatic N) is 2. The van der Waals surface area contributed by atoms with E-state index in [1.54, 1.807) is 12.1 Å². The van der Waals surface area contributed by atoms with Gasteiger partial charge in [-0.25, -0.2) is 8.42 Å². The Morgan fingerprint density at radius 3 is 2.15 bits per heavy atom. The van der Waals surface area contributed by atoms with Gasteiger partial charge in [-0.15, -0.1) is 0 Å². The second-order valence-electron chi connectivity index (χ2n) is 14.5. The van der Waals surface area contributed by atoms with Crippen molar-refractivity contribution >= 4 is 59.8 Å². The quantitative estimate of drug-likeness (QED) is 0.0978. The monoisotopic (exact) mass is 830 g/mol. The van der Waals surface area contributed by atoms with E-state index in [4.69, 9.17) is 0 Å². The topological polar surface area (TPSA) is 42.1 Å². The molecule has 5 aromatic carbocycles. The van der Waals surface area contributed by atoms with Gasteiger partial charge in [0.2, 0.25) is 21.2 Å². The third kappa shape index (κ3) is 6.42. The molecule has 2 heterocycles. The first-order valence-electron chi connectivity index (χ1n) is 19.0. The molecule has 0 spiro atoms. The summed E-state index contributed by atoms with van der Waals surface area (Å²) >= 11 is 0. The Morgan fingerprint density at radius 2 is 1.42 bits per heavy atom. The van der Waals surface area contributed by atoms with E-state index in [1.165, 1.54) is 43.7 Å². The lowest BCUT2D eigenvalue weighted by atomic mass is 10.0. The Hall–Kier alpha value is -4.27. The Balaban J connectivity index is 0.00000435. The van der Waals surface area contributed by atoms with Crippen LogP contribution in [0.1, 0.15) is 77.8 Å². The van der Waals surface area contributed by atoms with Crippen LogP contribution in [-0.2, 0) is 9.84 Å². The molecule has 0 fully saturated rings. The van der Waals surface area contributed by atoms with E-state index >= 15 is 0 Å². The number of allylic oxidation sites excluding steroid dienone is 5. The molecule has 0 radical (unpaired) electrons. The number of hydrogen-bond acceptors (Lipinski definition) is 2. The van der Waals surface area contributed by atoms with E-state index in [1.807, 2.05) is 18.2 Å². The van der Waals surface area contributed by atoms with Crippen LogP contribution in [0.25, 0.3) is 38.5 Å². The number of halogens is 1. The molecule has 4 nitrogen and oxygen atoms in total. The van der Waals surface area contributed by atoms with Crippen molar-refractivity contribution in [3.05, 3.63) is 148 Å². The van der Waals surface area contributed by atoms with Crippen molar-refractivity contribution < 1.29 is 37.0 Å². The number of aromatic nitrogens is 1. The first kappa shape index (κ1) is 37.1. The molecular weight excluding hydrogens is 784 g/mol. The van der Waals surface area contributed by atoms with Gasteiger partial charge in [0, 0.05) is 46.2 Å². The molecule has 1 aliphatic carbocycles. The van der Waals surface area contributed by atoms with Crippen molar-refractivity contribution in [2.45, 2.75) is 83.2 Å². The van der Waals surface area contributed by atoms with E-state index in [2.05, 4.69) is 134 Å². The minimum atomic E-state index is -3.80. The Kier molecular flexibility index (Phi) is 10.6. The smallest absolute Gasteiger partial charge is 0.214 e. The zero-order chi connectivity index (χ0) is 36.0. The van der Waals surface area contributed by atoms with Crippen LogP contribution in [0.5, 0.6) is 0 Å². The summed E-state index contributed by atoms with van der Waals surface area (Å²) in [5.41, 5.74) is 6.52. The van der Waals surface area contributed by atoms with Crippen molar-refractivity contribution in [2.24, 2.45) is 0 Å². The second-order valence-corrected chi connectivity index (χ2v) is 16.4. The molecule has 0 amide bonds. The maximum Gasteiger partial charge on any atom is 0.214 e. The summed E-state index contributed by atoms with van der Waals surface area (Å²) in [5.74, 6) is 0. The molecule has 2 atom stereocenters. The van der Waals surface area contributed by atoms with E-state index in [-0.39, 0.29) is 24.0 Å². The van der Waals surface area contributed by atoms with Crippen LogP contribution in [0.4, 0.5) is 5.69 Å². The lowest BCUT2D eigenvalue weighted by molar-refractivity contribution is -0.476. The Bertz CT molecular complexity index is 2630. The van der Waals surface area contributed by atoms with E-state index in [9.17, 15) is 8.42 Å². The molecular formula is C47H47IN2O2S. The molecule has 2 aliphatic rings. The number of hydrogen-bond donors (Lipinski definition) is 0. The molecule has 2 unspecified atom stereocenters. The van der Waals surface area contributed by atoms with Crippen LogP contribution in [0.3, 0.4) is 0 Å². The molecule has 270 valence electrons. The van der Waals surface area contributed by atoms with Gasteiger partial charge in [0.25, 0.3) is 0 Å². The highest BCUT2D eigenvalue weighted by Gasteiger charge is 2.35. The van der Waals surface area contributed by atoms with Crippen LogP contribution in [0.15, 0.2) is 142 Å². The van der Waals surface area contributed by atoms with Gasteiger partial charge in [0.15, 0.2) is 6.04 Å². The summed E-state index contributed by atoms with van der Waals surface area (Å²) < 4.78 is 34.2. The zero-order valence-corrected chi connectivity index (χ0v) is 34.0. The number of rotatable bonds is 11. The van der Waals surface area contributed by atoms with Crippen molar-refractivity contribution in [1.29, 1.82) is 0 Å². The highest BCUT2D eigenvalue weighted by atomic mass is 127. The lowest BCUT2D eigenvalue weighted by Gasteiger charge is -2.15. The lowest BCUT2D eigenvalue weighted by Crippen LogP contribution is -3.00. The fourth-order valence-electron chi connectivity index (χ4n) is 8.82. The maximum atomic E-state index is 14.6. The molecule has 8 rings (SSSR count). The van der Waals surface area contributed by atoms with Gasteiger partial charge in [-0.1, -0.05) is 105 Å². The summed E-state index contributed by atoms with van der Waals surface area (Å²) in [5, 5.41) is 7.33. The fraction of sp³-hybridized carbons (Fsp3) is 0.255.